The van der Waals surface area contributed by atoms with Gasteiger partial charge in [-0.25, -0.2) is 0 Å². The average Bonchev–Trinajstić information content (AvgIpc) is 2.79. The molecule has 1 unspecified atom stereocenters. The van der Waals surface area contributed by atoms with Crippen molar-refractivity contribution in [3.8, 4) is 0 Å². The smallest absolute Gasteiger partial charge is 0.0777 e. The van der Waals surface area contributed by atoms with Crippen molar-refractivity contribution in [2.24, 2.45) is 0 Å². The molecule has 5 heteroatoms. The topological polar surface area (TPSA) is 42.7 Å². The standard InChI is InChI=1S/C15H21BrN4/c1-5-17-14(12-7-6-8-18-11(12)4)15-13(16)9-19-20(15)10(2)3/h6-10,14,17H,5H2,1-4H3. The lowest BCUT2D eigenvalue weighted by molar-refractivity contribution is 0.474. The minimum Gasteiger partial charge on any atom is -0.305 e. The van der Waals surface area contributed by atoms with Crippen LogP contribution in [0.25, 0.3) is 0 Å². The second-order valence-electron chi connectivity index (χ2n) is 5.08. The third-order valence-electron chi connectivity index (χ3n) is 3.32. The molecule has 0 amide bonds. The maximum Gasteiger partial charge on any atom is 0.0777 e. The van der Waals surface area contributed by atoms with E-state index in [4.69, 9.17) is 0 Å². The summed E-state index contributed by atoms with van der Waals surface area (Å²) in [5.41, 5.74) is 3.39. The van der Waals surface area contributed by atoms with E-state index in [1.165, 1.54) is 5.56 Å². The lowest BCUT2D eigenvalue weighted by atomic mass is 10.0. The van der Waals surface area contributed by atoms with Crippen LogP contribution in [0, 0.1) is 6.92 Å². The van der Waals surface area contributed by atoms with Crippen LogP contribution in [0.5, 0.6) is 0 Å². The highest BCUT2D eigenvalue weighted by atomic mass is 79.9. The van der Waals surface area contributed by atoms with Crippen molar-refractivity contribution in [3.05, 3.63) is 46.0 Å². The van der Waals surface area contributed by atoms with Gasteiger partial charge in [-0.3, -0.25) is 9.67 Å². The van der Waals surface area contributed by atoms with E-state index in [0.717, 1.165) is 22.4 Å². The number of halogens is 1. The van der Waals surface area contributed by atoms with Gasteiger partial charge in [-0.1, -0.05) is 13.0 Å². The Kier molecular flexibility index (Phi) is 4.94. The van der Waals surface area contributed by atoms with Gasteiger partial charge in [0.1, 0.15) is 0 Å². The number of aryl methyl sites for hydroxylation is 1. The Bertz CT molecular complexity index is 577. The summed E-state index contributed by atoms with van der Waals surface area (Å²) in [7, 11) is 0. The molecule has 0 saturated carbocycles. The van der Waals surface area contributed by atoms with Crippen LogP contribution in [-0.4, -0.2) is 21.3 Å². The van der Waals surface area contributed by atoms with Gasteiger partial charge >= 0.3 is 0 Å². The fourth-order valence-electron chi connectivity index (χ4n) is 2.39. The number of hydrogen-bond donors (Lipinski definition) is 1. The number of nitrogens with one attached hydrogen (secondary N) is 1. The molecule has 2 aromatic heterocycles. The molecule has 0 spiro atoms. The fraction of sp³-hybridized carbons (Fsp3) is 0.467. The second-order valence-corrected chi connectivity index (χ2v) is 5.94. The molecule has 2 aromatic rings. The normalized spacial score (nSPS) is 12.9. The highest BCUT2D eigenvalue weighted by molar-refractivity contribution is 9.10. The van der Waals surface area contributed by atoms with E-state index in [0.29, 0.717) is 6.04 Å². The third-order valence-corrected chi connectivity index (χ3v) is 3.93. The van der Waals surface area contributed by atoms with Crippen molar-refractivity contribution in [2.75, 3.05) is 6.54 Å². The zero-order valence-electron chi connectivity index (χ0n) is 12.4. The van der Waals surface area contributed by atoms with Crippen molar-refractivity contribution in [1.29, 1.82) is 0 Å². The van der Waals surface area contributed by atoms with Gasteiger partial charge in [0.05, 0.1) is 22.4 Å². The van der Waals surface area contributed by atoms with Crippen LogP contribution in [0.2, 0.25) is 0 Å². The van der Waals surface area contributed by atoms with Crippen LogP contribution in [0.15, 0.2) is 29.0 Å². The summed E-state index contributed by atoms with van der Waals surface area (Å²) in [6.45, 7) is 9.32. The van der Waals surface area contributed by atoms with Gasteiger partial charge in [-0.05, 0) is 54.9 Å². The van der Waals surface area contributed by atoms with Crippen LogP contribution in [0.3, 0.4) is 0 Å². The Balaban J connectivity index is 2.55. The lowest BCUT2D eigenvalue weighted by Crippen LogP contribution is -2.26. The first kappa shape index (κ1) is 15.2. The molecular weight excluding hydrogens is 316 g/mol. The summed E-state index contributed by atoms with van der Waals surface area (Å²) >= 11 is 3.63. The quantitative estimate of drug-likeness (QED) is 0.906. The predicted octanol–water partition coefficient (Wildman–Crippen LogP) is 3.63. The number of pyridine rings is 1. The molecule has 20 heavy (non-hydrogen) atoms. The molecule has 108 valence electrons. The lowest BCUT2D eigenvalue weighted by Gasteiger charge is -2.23. The molecule has 1 atom stereocenters. The van der Waals surface area contributed by atoms with Gasteiger partial charge in [0, 0.05) is 17.9 Å². The van der Waals surface area contributed by atoms with Crippen molar-refractivity contribution < 1.29 is 0 Å². The van der Waals surface area contributed by atoms with Crippen molar-refractivity contribution in [2.45, 2.75) is 39.8 Å². The van der Waals surface area contributed by atoms with Crippen LogP contribution < -0.4 is 5.32 Å². The van der Waals surface area contributed by atoms with Gasteiger partial charge in [0.25, 0.3) is 0 Å². The summed E-state index contributed by atoms with van der Waals surface area (Å²) in [6.07, 6.45) is 3.70. The molecular formula is C15H21BrN4. The Morgan fingerprint density at radius 1 is 1.40 bits per heavy atom. The second kappa shape index (κ2) is 6.50. The van der Waals surface area contributed by atoms with E-state index in [2.05, 4.69) is 62.8 Å². The van der Waals surface area contributed by atoms with E-state index in [9.17, 15) is 0 Å². The maximum absolute atomic E-state index is 4.48. The minimum absolute atomic E-state index is 0.0907. The Labute approximate surface area is 128 Å². The Morgan fingerprint density at radius 2 is 2.15 bits per heavy atom. The third kappa shape index (κ3) is 2.94. The summed E-state index contributed by atoms with van der Waals surface area (Å²) in [6, 6.07) is 4.51. The average molecular weight is 337 g/mol. The summed E-state index contributed by atoms with van der Waals surface area (Å²) < 4.78 is 3.09. The van der Waals surface area contributed by atoms with E-state index >= 15 is 0 Å². The fourth-order valence-corrected chi connectivity index (χ4v) is 2.89. The van der Waals surface area contributed by atoms with Gasteiger partial charge < -0.3 is 5.32 Å². The zero-order valence-corrected chi connectivity index (χ0v) is 14.0. The molecule has 2 rings (SSSR count). The molecule has 0 aliphatic carbocycles. The van der Waals surface area contributed by atoms with Gasteiger partial charge in [0.15, 0.2) is 0 Å². The van der Waals surface area contributed by atoms with Crippen molar-refractivity contribution >= 4 is 15.9 Å². The van der Waals surface area contributed by atoms with Crippen LogP contribution >= 0.6 is 15.9 Å². The maximum atomic E-state index is 4.48. The molecule has 0 saturated heterocycles. The zero-order chi connectivity index (χ0) is 14.7. The number of hydrogen-bond acceptors (Lipinski definition) is 3. The van der Waals surface area contributed by atoms with Crippen LogP contribution in [0.1, 0.15) is 49.8 Å². The monoisotopic (exact) mass is 336 g/mol. The largest absolute Gasteiger partial charge is 0.305 e. The van der Waals surface area contributed by atoms with Gasteiger partial charge in [0.2, 0.25) is 0 Å². The number of aromatic nitrogens is 3. The highest BCUT2D eigenvalue weighted by Gasteiger charge is 2.23. The Morgan fingerprint density at radius 3 is 2.75 bits per heavy atom. The SMILES string of the molecule is CCNC(c1cccnc1C)c1c(Br)cnn1C(C)C. The number of rotatable bonds is 5. The first-order chi connectivity index (χ1) is 9.56. The van der Waals surface area contributed by atoms with Gasteiger partial charge in [-0.2, -0.15) is 5.10 Å². The van der Waals surface area contributed by atoms with E-state index in [1.54, 1.807) is 0 Å². The highest BCUT2D eigenvalue weighted by Crippen LogP contribution is 2.31. The minimum atomic E-state index is 0.0907. The first-order valence-corrected chi connectivity index (χ1v) is 7.73. The molecule has 1 N–H and O–H groups in total. The van der Waals surface area contributed by atoms with Crippen molar-refractivity contribution in [3.63, 3.8) is 0 Å². The van der Waals surface area contributed by atoms with Crippen LogP contribution in [-0.2, 0) is 0 Å². The predicted molar refractivity (Wildman–Crippen MR) is 84.8 cm³/mol. The first-order valence-electron chi connectivity index (χ1n) is 6.94. The molecule has 0 fully saturated rings. The molecule has 0 aliphatic heterocycles. The molecule has 0 bridgehead atoms. The Hall–Kier alpha value is -1.20. The summed E-state index contributed by atoms with van der Waals surface area (Å²) in [5.74, 6) is 0. The summed E-state index contributed by atoms with van der Waals surface area (Å²) in [4.78, 5) is 4.41. The van der Waals surface area contributed by atoms with Crippen molar-refractivity contribution in [1.82, 2.24) is 20.1 Å². The molecule has 4 nitrogen and oxygen atoms in total. The molecule has 0 radical (unpaired) electrons. The summed E-state index contributed by atoms with van der Waals surface area (Å²) in [5, 5.41) is 8.03. The molecule has 0 aromatic carbocycles. The number of nitrogens with zero attached hydrogens (tertiary/aromatic N) is 3. The van der Waals surface area contributed by atoms with Gasteiger partial charge in [-0.15, -0.1) is 0 Å². The van der Waals surface area contributed by atoms with E-state index < -0.39 is 0 Å². The van der Waals surface area contributed by atoms with E-state index in [1.807, 2.05) is 25.4 Å². The molecule has 2 heterocycles. The van der Waals surface area contributed by atoms with Crippen LogP contribution in [0.4, 0.5) is 0 Å². The van der Waals surface area contributed by atoms with E-state index in [-0.39, 0.29) is 6.04 Å². The molecule has 0 aliphatic rings.